The zero-order valence-corrected chi connectivity index (χ0v) is 40.9. The third kappa shape index (κ3) is 9.26. The fourth-order valence-electron chi connectivity index (χ4n) is 10.5. The molecular formula is C56H53N9O6S. The standard InChI is InChI=1S/C56H53N9O6S/c1-34-38(39-22-24-48(58-51(39)55(69)70)65-28-26-36-10-5-12-40(43(36)33-65)53(67)60-56-57-44-14-3-4-17-47(44)72-56)11-7-16-46(34)71-37-20-18-35(19-21-37)9-8-27-63-29-31-64(32-30-63)45-15-6-13-41-50(61-62(2)52(41)45)42-23-25-49(66)59-54(42)68/h3-7,10-22,24,42H,8-9,23,25-33H2,1-2H3,(H,69,70)(H,57,60,67)(H,59,66,68). The Hall–Kier alpha value is -7.95. The SMILES string of the molecule is Cc1c(Oc2ccc(CCCN3CCN(c4cccc5c(C6CCC(=O)NC6=O)nn(C)c45)CC3)cc2)cccc1-c1ccc(N2CCc3cccc(C(=O)Nc4nc5ccccc5s4)c3C2)nc1C(=O)O. The van der Waals surface area contributed by atoms with Gasteiger partial charge in [-0.25, -0.2) is 14.8 Å². The number of hydrogen-bond donors (Lipinski definition) is 3. The number of thiazole rings is 1. The predicted octanol–water partition coefficient (Wildman–Crippen LogP) is 9.13. The predicted molar refractivity (Wildman–Crippen MR) is 279 cm³/mol. The number of aromatic nitrogens is 4. The summed E-state index contributed by atoms with van der Waals surface area (Å²) >= 11 is 1.43. The molecule has 2 saturated heterocycles. The second-order valence-corrected chi connectivity index (χ2v) is 19.7. The Morgan fingerprint density at radius 1 is 0.833 bits per heavy atom. The smallest absolute Gasteiger partial charge is 0.355 e. The number of nitrogens with zero attached hydrogens (tertiary/aromatic N) is 7. The average Bonchev–Trinajstić information content (AvgIpc) is 3.96. The maximum absolute atomic E-state index is 13.7. The molecule has 1 atom stereocenters. The van der Waals surface area contributed by atoms with E-state index in [2.05, 4.69) is 43.6 Å². The molecule has 0 aliphatic carbocycles. The number of ether oxygens (including phenoxy) is 1. The second-order valence-electron chi connectivity index (χ2n) is 18.7. The van der Waals surface area contributed by atoms with E-state index < -0.39 is 11.9 Å². The lowest BCUT2D eigenvalue weighted by Crippen LogP contribution is -2.46. The van der Waals surface area contributed by atoms with Crippen LogP contribution in [0.1, 0.15) is 74.0 Å². The maximum atomic E-state index is 13.7. The van der Waals surface area contributed by atoms with E-state index in [1.807, 2.05) is 121 Å². The molecule has 15 nitrogen and oxygen atoms in total. The van der Waals surface area contributed by atoms with Crippen LogP contribution in [0.15, 0.2) is 115 Å². The van der Waals surface area contributed by atoms with Crippen molar-refractivity contribution in [2.24, 2.45) is 7.05 Å². The molecule has 364 valence electrons. The number of pyridine rings is 1. The van der Waals surface area contributed by atoms with Crippen molar-refractivity contribution in [3.63, 3.8) is 0 Å². The van der Waals surface area contributed by atoms with E-state index in [0.717, 1.165) is 94.8 Å². The Kier molecular flexibility index (Phi) is 12.7. The van der Waals surface area contributed by atoms with Gasteiger partial charge in [-0.2, -0.15) is 5.10 Å². The Balaban J connectivity index is 0.702. The number of imide groups is 1. The number of carboxylic acid groups (broad SMARTS) is 1. The van der Waals surface area contributed by atoms with Crippen molar-refractivity contribution < 1.29 is 29.0 Å². The van der Waals surface area contributed by atoms with E-state index in [0.29, 0.717) is 71.5 Å². The number of amides is 3. The number of carboxylic acids is 1. The Morgan fingerprint density at radius 3 is 2.44 bits per heavy atom. The number of anilines is 3. The molecular weight excluding hydrogens is 927 g/mol. The maximum Gasteiger partial charge on any atom is 0.355 e. The van der Waals surface area contributed by atoms with E-state index in [1.54, 1.807) is 0 Å². The van der Waals surface area contributed by atoms with Gasteiger partial charge in [0.1, 0.15) is 17.3 Å². The average molecular weight is 980 g/mol. The summed E-state index contributed by atoms with van der Waals surface area (Å²) in [4.78, 5) is 67.3. The lowest BCUT2D eigenvalue weighted by molar-refractivity contribution is -0.134. The molecule has 72 heavy (non-hydrogen) atoms. The lowest BCUT2D eigenvalue weighted by Gasteiger charge is -2.36. The van der Waals surface area contributed by atoms with Crippen LogP contribution in [0.4, 0.5) is 16.6 Å². The van der Waals surface area contributed by atoms with Gasteiger partial charge in [0.15, 0.2) is 10.8 Å². The molecule has 3 N–H and O–H groups in total. The number of rotatable bonds is 13. The summed E-state index contributed by atoms with van der Waals surface area (Å²) in [7, 11) is 1.93. The molecule has 0 radical (unpaired) electrons. The summed E-state index contributed by atoms with van der Waals surface area (Å²) in [5, 5.41) is 22.3. The second kappa shape index (κ2) is 19.7. The van der Waals surface area contributed by atoms with Crippen LogP contribution in [-0.4, -0.2) is 92.7 Å². The van der Waals surface area contributed by atoms with Gasteiger partial charge in [0.05, 0.1) is 33.0 Å². The van der Waals surface area contributed by atoms with Crippen LogP contribution in [0.2, 0.25) is 0 Å². The van der Waals surface area contributed by atoms with Crippen molar-refractivity contribution in [3.8, 4) is 22.6 Å². The highest BCUT2D eigenvalue weighted by Crippen LogP contribution is 2.38. The number of carbonyl (C=O) groups excluding carboxylic acids is 3. The van der Waals surface area contributed by atoms with Crippen LogP contribution < -0.4 is 25.2 Å². The number of nitrogens with one attached hydrogen (secondary N) is 2. The van der Waals surface area contributed by atoms with Crippen LogP contribution in [-0.2, 0) is 36.0 Å². The Morgan fingerprint density at radius 2 is 1.64 bits per heavy atom. The third-order valence-corrected chi connectivity index (χ3v) is 15.2. The molecule has 3 aliphatic heterocycles. The minimum Gasteiger partial charge on any atom is -0.476 e. The number of aromatic carboxylic acids is 1. The van der Waals surface area contributed by atoms with Crippen molar-refractivity contribution in [1.29, 1.82) is 0 Å². The van der Waals surface area contributed by atoms with E-state index in [9.17, 15) is 24.3 Å². The molecule has 1 unspecified atom stereocenters. The molecule has 8 aromatic rings. The number of hydrogen-bond acceptors (Lipinski definition) is 12. The Labute approximate surface area is 420 Å². The summed E-state index contributed by atoms with van der Waals surface area (Å²) < 4.78 is 9.29. The van der Waals surface area contributed by atoms with E-state index in [4.69, 9.17) is 14.8 Å². The van der Waals surface area contributed by atoms with Gasteiger partial charge in [-0.05, 0) is 122 Å². The van der Waals surface area contributed by atoms with Gasteiger partial charge in [-0.15, -0.1) is 0 Å². The molecule has 6 heterocycles. The van der Waals surface area contributed by atoms with Gasteiger partial charge < -0.3 is 19.6 Å². The molecule has 5 aromatic carbocycles. The topological polar surface area (TPSA) is 175 Å². The molecule has 3 aromatic heterocycles. The first-order valence-corrected chi connectivity index (χ1v) is 25.3. The number of aryl methyl sites for hydroxylation is 2. The zero-order valence-electron chi connectivity index (χ0n) is 40.1. The van der Waals surface area contributed by atoms with E-state index >= 15 is 0 Å². The number of benzene rings is 5. The number of piperazine rings is 1. The van der Waals surface area contributed by atoms with Crippen LogP contribution in [0.5, 0.6) is 11.5 Å². The molecule has 0 bridgehead atoms. The van der Waals surface area contributed by atoms with Crippen molar-refractivity contribution in [2.45, 2.75) is 51.5 Å². The minimum absolute atomic E-state index is 0.0592. The summed E-state index contributed by atoms with van der Waals surface area (Å²) in [6, 6.07) is 37.2. The van der Waals surface area contributed by atoms with Crippen LogP contribution in [0.3, 0.4) is 0 Å². The van der Waals surface area contributed by atoms with E-state index in [1.165, 1.54) is 16.9 Å². The highest BCUT2D eigenvalue weighted by Gasteiger charge is 2.33. The fraction of sp³-hybridized carbons (Fsp3) is 0.268. The minimum atomic E-state index is -1.13. The molecule has 2 fully saturated rings. The molecule has 3 aliphatic rings. The van der Waals surface area contributed by atoms with Gasteiger partial charge in [0.25, 0.3) is 5.91 Å². The lowest BCUT2D eigenvalue weighted by atomic mass is 9.92. The van der Waals surface area contributed by atoms with Crippen molar-refractivity contribution in [2.75, 3.05) is 54.4 Å². The van der Waals surface area contributed by atoms with Gasteiger partial charge in [-0.3, -0.25) is 34.6 Å². The molecule has 3 amide bonds. The van der Waals surface area contributed by atoms with Crippen molar-refractivity contribution in [1.82, 2.24) is 30.0 Å². The highest BCUT2D eigenvalue weighted by atomic mass is 32.1. The van der Waals surface area contributed by atoms with Gasteiger partial charge in [-0.1, -0.05) is 72.0 Å². The highest BCUT2D eigenvalue weighted by molar-refractivity contribution is 7.22. The third-order valence-electron chi connectivity index (χ3n) is 14.3. The normalized spacial score (nSPS) is 16.2. The zero-order chi connectivity index (χ0) is 49.5. The largest absolute Gasteiger partial charge is 0.476 e. The number of fused-ring (bicyclic) bond motifs is 3. The molecule has 0 spiro atoms. The van der Waals surface area contributed by atoms with Gasteiger partial charge >= 0.3 is 5.97 Å². The molecule has 11 rings (SSSR count). The monoisotopic (exact) mass is 979 g/mol. The van der Waals surface area contributed by atoms with E-state index in [-0.39, 0.29) is 23.4 Å². The summed E-state index contributed by atoms with van der Waals surface area (Å²) in [6.45, 7) is 7.58. The Bertz CT molecular complexity index is 3380. The first-order chi connectivity index (χ1) is 35.0. The number of piperidine rings is 1. The fourth-order valence-corrected chi connectivity index (χ4v) is 11.3. The number of para-hydroxylation sites is 2. The van der Waals surface area contributed by atoms with Crippen molar-refractivity contribution in [3.05, 3.63) is 154 Å². The molecule has 0 saturated carbocycles. The van der Waals surface area contributed by atoms with Gasteiger partial charge in [0.2, 0.25) is 11.8 Å². The molecule has 16 heteroatoms. The van der Waals surface area contributed by atoms with Gasteiger partial charge in [0, 0.05) is 69.3 Å². The summed E-state index contributed by atoms with van der Waals surface area (Å²) in [6.07, 6.45) is 3.41. The van der Waals surface area contributed by atoms with Crippen LogP contribution in [0.25, 0.3) is 32.2 Å². The first kappa shape index (κ1) is 46.4. The first-order valence-electron chi connectivity index (χ1n) is 24.4. The quantitative estimate of drug-likeness (QED) is 0.0937. The summed E-state index contributed by atoms with van der Waals surface area (Å²) in [5.41, 5.74) is 9.37. The van der Waals surface area contributed by atoms with Crippen molar-refractivity contribution >= 4 is 72.8 Å². The van der Waals surface area contributed by atoms with Crippen LogP contribution in [0, 0.1) is 6.92 Å². The number of carbonyl (C=O) groups is 4. The van der Waals surface area contributed by atoms with Crippen LogP contribution >= 0.6 is 11.3 Å². The summed E-state index contributed by atoms with van der Waals surface area (Å²) in [5.74, 6) is -0.468.